The molecule has 5 nitrogen and oxygen atoms in total. The molecule has 0 aromatic rings. The standard InChI is InChI=1S/C6H10O2.C4H6O2.C3H3N/c1-3-5-6(7)8-4-2;1-3-6-4(2)5;1-2-3-4/h4H,2-3,5H2,1H3;3H,1H2,2H3;2H,1H2. The molecule has 0 saturated carbocycles. The van der Waals surface area contributed by atoms with Gasteiger partial charge in [0.2, 0.25) is 0 Å². The van der Waals surface area contributed by atoms with Crippen molar-refractivity contribution in [3.63, 3.8) is 0 Å². The van der Waals surface area contributed by atoms with Crippen molar-refractivity contribution < 1.29 is 19.1 Å². The summed E-state index contributed by atoms with van der Waals surface area (Å²) in [7, 11) is 0. The zero-order valence-corrected chi connectivity index (χ0v) is 10.8. The predicted molar refractivity (Wildman–Crippen MR) is 69.0 cm³/mol. The molecule has 0 radical (unpaired) electrons. The molecule has 0 aliphatic rings. The first kappa shape index (κ1) is 21.0. The molecule has 0 saturated heterocycles. The van der Waals surface area contributed by atoms with Crippen LogP contribution in [-0.4, -0.2) is 11.9 Å². The second-order valence-electron chi connectivity index (χ2n) is 2.52. The summed E-state index contributed by atoms with van der Waals surface area (Å²) in [6, 6.07) is 1.69. The van der Waals surface area contributed by atoms with E-state index in [-0.39, 0.29) is 11.9 Å². The van der Waals surface area contributed by atoms with Crippen LogP contribution < -0.4 is 0 Å². The van der Waals surface area contributed by atoms with Crippen molar-refractivity contribution in [1.29, 1.82) is 5.26 Å². The van der Waals surface area contributed by atoms with Crippen molar-refractivity contribution in [2.45, 2.75) is 26.7 Å². The van der Waals surface area contributed by atoms with Crippen LogP contribution >= 0.6 is 0 Å². The summed E-state index contributed by atoms with van der Waals surface area (Å²) in [5, 5.41) is 7.51. The second kappa shape index (κ2) is 20.1. The maximum Gasteiger partial charge on any atom is 0.310 e. The number of nitriles is 1. The monoisotopic (exact) mass is 253 g/mol. The molecule has 0 aromatic heterocycles. The molecule has 0 N–H and O–H groups in total. The van der Waals surface area contributed by atoms with Gasteiger partial charge in [-0.15, -0.1) is 0 Å². The lowest BCUT2D eigenvalue weighted by atomic mass is 10.3. The van der Waals surface area contributed by atoms with E-state index < -0.39 is 0 Å². The van der Waals surface area contributed by atoms with Crippen LogP contribution in [0.25, 0.3) is 0 Å². The zero-order chi connectivity index (χ0) is 14.8. The van der Waals surface area contributed by atoms with Crippen molar-refractivity contribution >= 4 is 11.9 Å². The van der Waals surface area contributed by atoms with Gasteiger partial charge in [-0.05, 0) is 6.42 Å². The second-order valence-corrected chi connectivity index (χ2v) is 2.52. The Hall–Kier alpha value is -2.35. The normalized spacial score (nSPS) is 6.72. The fourth-order valence-electron chi connectivity index (χ4n) is 0.473. The molecule has 0 aromatic carbocycles. The minimum Gasteiger partial charge on any atom is -0.435 e. The van der Waals surface area contributed by atoms with Gasteiger partial charge >= 0.3 is 11.9 Å². The van der Waals surface area contributed by atoms with Crippen molar-refractivity contribution in [3.05, 3.63) is 38.3 Å². The van der Waals surface area contributed by atoms with Crippen LogP contribution in [0.3, 0.4) is 0 Å². The fraction of sp³-hybridized carbons (Fsp3) is 0.308. The van der Waals surface area contributed by atoms with Gasteiger partial charge in [-0.25, -0.2) is 0 Å². The third-order valence-electron chi connectivity index (χ3n) is 1.01. The van der Waals surface area contributed by atoms with E-state index in [1.54, 1.807) is 6.07 Å². The van der Waals surface area contributed by atoms with E-state index >= 15 is 0 Å². The van der Waals surface area contributed by atoms with E-state index in [9.17, 15) is 9.59 Å². The third-order valence-corrected chi connectivity index (χ3v) is 1.01. The summed E-state index contributed by atoms with van der Waals surface area (Å²) in [6.07, 6.45) is 4.74. The lowest BCUT2D eigenvalue weighted by Gasteiger charge is -1.92. The molecular weight excluding hydrogens is 234 g/mol. The molecule has 0 bridgehead atoms. The molecule has 0 aliphatic carbocycles. The zero-order valence-electron chi connectivity index (χ0n) is 10.8. The highest BCUT2D eigenvalue weighted by molar-refractivity contribution is 5.69. The van der Waals surface area contributed by atoms with Gasteiger partial charge in [0.25, 0.3) is 0 Å². The smallest absolute Gasteiger partial charge is 0.310 e. The van der Waals surface area contributed by atoms with Crippen LogP contribution in [0.15, 0.2) is 38.3 Å². The van der Waals surface area contributed by atoms with Gasteiger partial charge in [0.1, 0.15) is 0 Å². The summed E-state index contributed by atoms with van der Waals surface area (Å²) in [6.45, 7) is 12.8. The van der Waals surface area contributed by atoms with Gasteiger partial charge in [-0.1, -0.05) is 26.7 Å². The van der Waals surface area contributed by atoms with Gasteiger partial charge < -0.3 is 9.47 Å². The maximum atomic E-state index is 10.3. The van der Waals surface area contributed by atoms with E-state index in [0.29, 0.717) is 6.42 Å². The van der Waals surface area contributed by atoms with E-state index in [2.05, 4.69) is 29.2 Å². The van der Waals surface area contributed by atoms with Crippen LogP contribution in [0.5, 0.6) is 0 Å². The van der Waals surface area contributed by atoms with Crippen LogP contribution in [0.2, 0.25) is 0 Å². The predicted octanol–water partition coefficient (Wildman–Crippen LogP) is 2.86. The third kappa shape index (κ3) is 37.3. The number of rotatable bonds is 4. The number of carbonyl (C=O) groups excluding carboxylic acids is 2. The van der Waals surface area contributed by atoms with Crippen LogP contribution in [0.4, 0.5) is 0 Å². The number of nitrogens with zero attached hydrogens (tertiary/aromatic N) is 1. The highest BCUT2D eigenvalue weighted by Gasteiger charge is 1.94. The highest BCUT2D eigenvalue weighted by atomic mass is 16.5. The summed E-state index contributed by atoms with van der Waals surface area (Å²) >= 11 is 0. The molecule has 18 heavy (non-hydrogen) atoms. The van der Waals surface area contributed by atoms with Gasteiger partial charge in [-0.2, -0.15) is 5.26 Å². The molecule has 0 atom stereocenters. The molecule has 0 amide bonds. The molecular formula is C13H19NO4. The molecule has 0 unspecified atom stereocenters. The average Bonchev–Trinajstić information content (AvgIpc) is 2.31. The van der Waals surface area contributed by atoms with E-state index in [4.69, 9.17) is 5.26 Å². The Labute approximate surface area is 108 Å². The lowest BCUT2D eigenvalue weighted by molar-refractivity contribution is -0.138. The number of ether oxygens (including phenoxy) is 2. The fourth-order valence-corrected chi connectivity index (χ4v) is 0.473. The van der Waals surface area contributed by atoms with Gasteiger partial charge in [0.15, 0.2) is 0 Å². The Morgan fingerprint density at radius 2 is 1.67 bits per heavy atom. The lowest BCUT2D eigenvalue weighted by Crippen LogP contribution is -1.96. The maximum absolute atomic E-state index is 10.3. The van der Waals surface area contributed by atoms with Gasteiger partial charge in [0, 0.05) is 19.4 Å². The highest BCUT2D eigenvalue weighted by Crippen LogP contribution is 1.89. The van der Waals surface area contributed by atoms with Crippen LogP contribution in [-0.2, 0) is 19.1 Å². The van der Waals surface area contributed by atoms with Gasteiger partial charge in [-0.3, -0.25) is 9.59 Å². The molecule has 0 fully saturated rings. The number of allylic oxidation sites excluding steroid dienone is 1. The van der Waals surface area contributed by atoms with Crippen molar-refractivity contribution in [1.82, 2.24) is 0 Å². The van der Waals surface area contributed by atoms with Crippen molar-refractivity contribution in [2.75, 3.05) is 0 Å². The first-order valence-corrected chi connectivity index (χ1v) is 5.09. The minimum atomic E-state index is -0.329. The van der Waals surface area contributed by atoms with Crippen molar-refractivity contribution in [2.24, 2.45) is 0 Å². The molecule has 0 aliphatic heterocycles. The largest absolute Gasteiger partial charge is 0.435 e. The molecule has 100 valence electrons. The average molecular weight is 253 g/mol. The van der Waals surface area contributed by atoms with Crippen molar-refractivity contribution in [3.8, 4) is 6.07 Å². The Kier molecular flexibility index (Phi) is 23.5. The Morgan fingerprint density at radius 1 is 1.22 bits per heavy atom. The van der Waals surface area contributed by atoms with E-state index in [1.807, 2.05) is 6.92 Å². The number of hydrogen-bond donors (Lipinski definition) is 0. The topological polar surface area (TPSA) is 76.4 Å². The Morgan fingerprint density at radius 3 is 1.83 bits per heavy atom. The summed E-state index contributed by atoms with van der Waals surface area (Å²) in [4.78, 5) is 20.1. The quantitative estimate of drug-likeness (QED) is 0.437. The number of hydrogen-bond acceptors (Lipinski definition) is 5. The van der Waals surface area contributed by atoms with Crippen LogP contribution in [0.1, 0.15) is 26.7 Å². The first-order valence-electron chi connectivity index (χ1n) is 5.09. The van der Waals surface area contributed by atoms with Gasteiger partial charge in [0.05, 0.1) is 18.6 Å². The Bertz CT molecular complexity index is 303. The summed E-state index contributed by atoms with van der Waals surface area (Å²) in [5.41, 5.74) is 0. The molecule has 0 heterocycles. The van der Waals surface area contributed by atoms with Crippen LogP contribution in [0, 0.1) is 11.3 Å². The first-order chi connectivity index (χ1) is 8.49. The SMILES string of the molecule is C=CC#N.C=COC(=O)CCC.C=COC(C)=O. The summed E-state index contributed by atoms with van der Waals surface area (Å²) < 4.78 is 8.57. The minimum absolute atomic E-state index is 0.206. The van der Waals surface area contributed by atoms with E-state index in [0.717, 1.165) is 18.9 Å². The Balaban J connectivity index is -0.000000200. The number of esters is 2. The molecule has 0 rings (SSSR count). The summed E-state index contributed by atoms with van der Waals surface area (Å²) in [5.74, 6) is -0.535. The number of carbonyl (C=O) groups is 2. The van der Waals surface area contributed by atoms with E-state index in [1.165, 1.54) is 13.0 Å². The molecule has 5 heteroatoms. The molecule has 0 spiro atoms.